The largest absolute Gasteiger partial charge is 0.393 e. The number of aliphatic hydroxyl groups is 2. The third-order valence-corrected chi connectivity index (χ3v) is 6.41. The first kappa shape index (κ1) is 32.6. The van der Waals surface area contributed by atoms with E-state index in [0.29, 0.717) is 6.42 Å². The van der Waals surface area contributed by atoms with Gasteiger partial charge in [-0.2, -0.15) is 0 Å². The number of hydrogen-bond acceptors (Lipinski definition) is 6. The standard InChI is InChI=1S/C27H48N4O6/c1-4-5-6-7-8-9-10-11-12-13-24(35)31-25(20(3)32)27(37)30-22-18-21(33)16-17-28-23(34)15-14-19(2)29-26(22)36/h14-15,19-22,25,32-33H,4-13,16-18H2,1-3H3,(H,28,34)(H,29,36)(H,30,37)(H,31,35)/b15-14+. The molecular weight excluding hydrogens is 476 g/mol. The molecule has 4 amide bonds. The Balaban J connectivity index is 2.60. The molecule has 10 heteroatoms. The summed E-state index contributed by atoms with van der Waals surface area (Å²) in [6.07, 6.45) is 11.2. The van der Waals surface area contributed by atoms with Gasteiger partial charge in [0.25, 0.3) is 0 Å². The predicted octanol–water partition coefficient (Wildman–Crippen LogP) is 1.59. The highest BCUT2D eigenvalue weighted by Crippen LogP contribution is 2.11. The normalized spacial score (nSPS) is 23.4. The van der Waals surface area contributed by atoms with Crippen molar-refractivity contribution >= 4 is 23.6 Å². The molecule has 212 valence electrons. The van der Waals surface area contributed by atoms with Gasteiger partial charge in [0, 0.05) is 31.5 Å². The predicted molar refractivity (Wildman–Crippen MR) is 142 cm³/mol. The van der Waals surface area contributed by atoms with Gasteiger partial charge in [0.1, 0.15) is 12.1 Å². The summed E-state index contributed by atoms with van der Waals surface area (Å²) in [4.78, 5) is 49.9. The molecule has 0 saturated carbocycles. The van der Waals surface area contributed by atoms with E-state index in [2.05, 4.69) is 28.2 Å². The van der Waals surface area contributed by atoms with E-state index in [1.54, 1.807) is 6.92 Å². The average molecular weight is 525 g/mol. The smallest absolute Gasteiger partial charge is 0.245 e. The van der Waals surface area contributed by atoms with Crippen LogP contribution in [0.3, 0.4) is 0 Å². The topological polar surface area (TPSA) is 157 Å². The fraction of sp³-hybridized carbons (Fsp3) is 0.778. The number of nitrogens with one attached hydrogen (secondary N) is 4. The van der Waals surface area contributed by atoms with Crippen LogP contribution in [0.2, 0.25) is 0 Å². The summed E-state index contributed by atoms with van der Waals surface area (Å²) in [5.41, 5.74) is 0. The van der Waals surface area contributed by atoms with Crippen molar-refractivity contribution in [3.63, 3.8) is 0 Å². The van der Waals surface area contributed by atoms with Crippen LogP contribution in [0, 0.1) is 0 Å². The van der Waals surface area contributed by atoms with E-state index < -0.39 is 42.1 Å². The molecule has 1 aliphatic rings. The quantitative estimate of drug-likeness (QED) is 0.190. The lowest BCUT2D eigenvalue weighted by molar-refractivity contribution is -0.134. The zero-order chi connectivity index (χ0) is 27.6. The minimum atomic E-state index is -1.23. The first-order valence-electron chi connectivity index (χ1n) is 13.9. The van der Waals surface area contributed by atoms with Crippen LogP contribution in [0.15, 0.2) is 12.2 Å². The van der Waals surface area contributed by atoms with Crippen molar-refractivity contribution in [2.45, 2.75) is 128 Å². The number of unbranched alkanes of at least 4 members (excludes halogenated alkanes) is 8. The Morgan fingerprint density at radius 3 is 2.32 bits per heavy atom. The van der Waals surface area contributed by atoms with E-state index in [4.69, 9.17) is 0 Å². The van der Waals surface area contributed by atoms with Crippen LogP contribution in [0.5, 0.6) is 0 Å². The van der Waals surface area contributed by atoms with Gasteiger partial charge >= 0.3 is 0 Å². The maximum Gasteiger partial charge on any atom is 0.245 e. The van der Waals surface area contributed by atoms with Crippen LogP contribution < -0.4 is 21.3 Å². The van der Waals surface area contributed by atoms with Crippen LogP contribution in [0.1, 0.15) is 97.8 Å². The Morgan fingerprint density at radius 1 is 1.08 bits per heavy atom. The van der Waals surface area contributed by atoms with Crippen molar-refractivity contribution in [1.29, 1.82) is 0 Å². The molecule has 5 atom stereocenters. The van der Waals surface area contributed by atoms with Crippen molar-refractivity contribution in [1.82, 2.24) is 21.3 Å². The molecule has 0 bridgehead atoms. The molecule has 1 heterocycles. The second-order valence-corrected chi connectivity index (χ2v) is 10.1. The monoisotopic (exact) mass is 524 g/mol. The molecule has 0 aromatic carbocycles. The second-order valence-electron chi connectivity index (χ2n) is 10.1. The summed E-state index contributed by atoms with van der Waals surface area (Å²) >= 11 is 0. The summed E-state index contributed by atoms with van der Waals surface area (Å²) in [5.74, 6) is -1.89. The number of aliphatic hydroxyl groups excluding tert-OH is 2. The van der Waals surface area contributed by atoms with Gasteiger partial charge in [0.2, 0.25) is 23.6 Å². The Labute approximate surface area is 221 Å². The minimum Gasteiger partial charge on any atom is -0.393 e. The maximum atomic E-state index is 12.9. The highest BCUT2D eigenvalue weighted by molar-refractivity contribution is 5.92. The summed E-state index contributed by atoms with van der Waals surface area (Å²) in [5, 5.41) is 31.0. The summed E-state index contributed by atoms with van der Waals surface area (Å²) in [6.45, 7) is 5.48. The van der Waals surface area contributed by atoms with Gasteiger partial charge in [0.15, 0.2) is 0 Å². The van der Waals surface area contributed by atoms with E-state index >= 15 is 0 Å². The van der Waals surface area contributed by atoms with Crippen molar-refractivity contribution in [2.75, 3.05) is 6.54 Å². The molecule has 1 aliphatic heterocycles. The molecule has 0 radical (unpaired) electrons. The van der Waals surface area contributed by atoms with Crippen molar-refractivity contribution in [2.24, 2.45) is 0 Å². The van der Waals surface area contributed by atoms with E-state index in [1.807, 2.05) is 0 Å². The number of carbonyl (C=O) groups is 4. The lowest BCUT2D eigenvalue weighted by Crippen LogP contribution is -2.58. The molecule has 1 rings (SSSR count). The maximum absolute atomic E-state index is 12.9. The van der Waals surface area contributed by atoms with Gasteiger partial charge in [-0.3, -0.25) is 19.2 Å². The van der Waals surface area contributed by atoms with Crippen LogP contribution in [0.25, 0.3) is 0 Å². The lowest BCUT2D eigenvalue weighted by atomic mass is 10.0. The zero-order valence-electron chi connectivity index (χ0n) is 22.8. The van der Waals surface area contributed by atoms with E-state index in [0.717, 1.165) is 19.3 Å². The Bertz CT molecular complexity index is 742. The highest BCUT2D eigenvalue weighted by atomic mass is 16.3. The SMILES string of the molecule is CCCCCCCCCCCC(=O)NC(C(=O)NC1CC(O)CCNC(=O)/C=C/C(C)NC1=O)C(C)O. The fourth-order valence-corrected chi connectivity index (χ4v) is 4.16. The summed E-state index contributed by atoms with van der Waals surface area (Å²) < 4.78 is 0. The van der Waals surface area contributed by atoms with Crippen LogP contribution in [-0.2, 0) is 19.2 Å². The number of hydrogen-bond donors (Lipinski definition) is 6. The van der Waals surface area contributed by atoms with E-state index in [1.165, 1.54) is 51.2 Å². The number of rotatable bonds is 14. The number of amides is 4. The van der Waals surface area contributed by atoms with Gasteiger partial charge in [-0.05, 0) is 26.7 Å². The van der Waals surface area contributed by atoms with Crippen LogP contribution >= 0.6 is 0 Å². The molecule has 5 unspecified atom stereocenters. The molecular formula is C27H48N4O6. The first-order chi connectivity index (χ1) is 17.6. The zero-order valence-corrected chi connectivity index (χ0v) is 22.8. The Kier molecular flexibility index (Phi) is 16.5. The van der Waals surface area contributed by atoms with E-state index in [-0.39, 0.29) is 37.6 Å². The van der Waals surface area contributed by atoms with Crippen LogP contribution in [-0.4, -0.2) is 70.7 Å². The van der Waals surface area contributed by atoms with Gasteiger partial charge < -0.3 is 31.5 Å². The molecule has 0 spiro atoms. The minimum absolute atomic E-state index is 0.0806. The van der Waals surface area contributed by atoms with Gasteiger partial charge in [0.05, 0.1) is 12.2 Å². The fourth-order valence-electron chi connectivity index (χ4n) is 4.16. The summed E-state index contributed by atoms with van der Waals surface area (Å²) in [6, 6.07) is -2.80. The number of carbonyl (C=O) groups excluding carboxylic acids is 4. The van der Waals surface area contributed by atoms with Crippen molar-refractivity contribution < 1.29 is 29.4 Å². The van der Waals surface area contributed by atoms with Crippen molar-refractivity contribution in [3.05, 3.63) is 12.2 Å². The molecule has 6 N–H and O–H groups in total. The second kappa shape index (κ2) is 18.7. The summed E-state index contributed by atoms with van der Waals surface area (Å²) in [7, 11) is 0. The van der Waals surface area contributed by atoms with Gasteiger partial charge in [-0.25, -0.2) is 0 Å². The average Bonchev–Trinajstić information content (AvgIpc) is 2.83. The molecule has 0 fully saturated rings. The molecule has 0 aliphatic carbocycles. The van der Waals surface area contributed by atoms with E-state index in [9.17, 15) is 29.4 Å². The Hall–Kier alpha value is -2.46. The molecule has 0 saturated heterocycles. The van der Waals surface area contributed by atoms with Gasteiger partial charge in [-0.15, -0.1) is 0 Å². The molecule has 37 heavy (non-hydrogen) atoms. The van der Waals surface area contributed by atoms with Gasteiger partial charge in [-0.1, -0.05) is 64.4 Å². The Morgan fingerprint density at radius 2 is 1.70 bits per heavy atom. The first-order valence-corrected chi connectivity index (χ1v) is 13.9. The van der Waals surface area contributed by atoms with Crippen LogP contribution in [0.4, 0.5) is 0 Å². The molecule has 0 aromatic rings. The highest BCUT2D eigenvalue weighted by Gasteiger charge is 2.31. The van der Waals surface area contributed by atoms with Crippen molar-refractivity contribution in [3.8, 4) is 0 Å². The molecule has 10 nitrogen and oxygen atoms in total. The third kappa shape index (κ3) is 14.8. The molecule has 0 aromatic heterocycles. The lowest BCUT2D eigenvalue weighted by Gasteiger charge is -2.27. The third-order valence-electron chi connectivity index (χ3n) is 6.41.